The first-order valence-electron chi connectivity index (χ1n) is 11.4. The molecular formula is C22H23N6O8PS2. The van der Waals surface area contributed by atoms with Crippen LogP contribution in [0.3, 0.4) is 0 Å². The number of aromatic nitrogens is 4. The van der Waals surface area contributed by atoms with Crippen molar-refractivity contribution >= 4 is 57.3 Å². The van der Waals surface area contributed by atoms with Crippen LogP contribution in [-0.2, 0) is 32.1 Å². The third-order valence-electron chi connectivity index (χ3n) is 5.99. The molecule has 4 aromatic rings. The summed E-state index contributed by atoms with van der Waals surface area (Å²) in [4.78, 5) is 27.4. The molecule has 0 radical (unpaired) electrons. The number of hydrogen-bond donors (Lipinski definition) is 4. The maximum Gasteiger partial charge on any atom is 0.524 e. The maximum absolute atomic E-state index is 11.6. The van der Waals surface area contributed by atoms with Crippen LogP contribution in [0.4, 0.5) is 17.3 Å². The molecule has 2 atom stereocenters. The van der Waals surface area contributed by atoms with E-state index in [2.05, 4.69) is 20.4 Å². The summed E-state index contributed by atoms with van der Waals surface area (Å²) in [5.41, 5.74) is 2.87. The van der Waals surface area contributed by atoms with Crippen LogP contribution in [0, 0.1) is 0 Å². The molecule has 1 aliphatic rings. The Morgan fingerprint density at radius 3 is 2.62 bits per heavy atom. The summed E-state index contributed by atoms with van der Waals surface area (Å²) in [5.74, 6) is -0.225. The highest BCUT2D eigenvalue weighted by Crippen LogP contribution is 2.45. The number of phosphoric ester groups is 1. The van der Waals surface area contributed by atoms with E-state index in [9.17, 15) is 31.5 Å². The number of nitrogens with zero attached hydrogens (tertiary/aromatic N) is 5. The lowest BCUT2D eigenvalue weighted by Crippen LogP contribution is -2.30. The van der Waals surface area contributed by atoms with Crippen LogP contribution < -0.4 is 14.1 Å². The Labute approximate surface area is 225 Å². The van der Waals surface area contributed by atoms with Crippen molar-refractivity contribution in [3.05, 3.63) is 66.0 Å². The average Bonchev–Trinajstić information content (AvgIpc) is 3.46. The van der Waals surface area contributed by atoms with Gasteiger partial charge in [-0.15, -0.1) is 0 Å². The molecule has 2 heterocycles. The fraction of sp³-hybridized carbons (Fsp3) is 0.227. The van der Waals surface area contributed by atoms with Gasteiger partial charge in [0.15, 0.2) is 15.5 Å². The Balaban J connectivity index is 1.40. The van der Waals surface area contributed by atoms with Crippen molar-refractivity contribution in [1.29, 1.82) is 0 Å². The van der Waals surface area contributed by atoms with Crippen LogP contribution in [0.2, 0.25) is 0 Å². The Hall–Kier alpha value is -3.40. The predicted molar refractivity (Wildman–Crippen MR) is 144 cm³/mol. The third kappa shape index (κ3) is 6.11. The molecule has 17 heteroatoms. The summed E-state index contributed by atoms with van der Waals surface area (Å²) in [5, 5.41) is 8.24. The summed E-state index contributed by atoms with van der Waals surface area (Å²) >= 11 is -2.53. The molecule has 0 saturated carbocycles. The fourth-order valence-corrected chi connectivity index (χ4v) is 6.69. The van der Waals surface area contributed by atoms with E-state index in [1.54, 1.807) is 35.3 Å². The molecule has 39 heavy (non-hydrogen) atoms. The number of benzene rings is 2. The van der Waals surface area contributed by atoms with Crippen LogP contribution >= 0.6 is 7.82 Å². The van der Waals surface area contributed by atoms with E-state index >= 15 is 0 Å². The molecule has 2 aromatic heterocycles. The molecule has 5 rings (SSSR count). The van der Waals surface area contributed by atoms with Gasteiger partial charge in [-0.05, 0) is 48.7 Å². The first-order chi connectivity index (χ1) is 18.4. The van der Waals surface area contributed by atoms with Gasteiger partial charge in [0.05, 0.1) is 23.3 Å². The quantitative estimate of drug-likeness (QED) is 0.163. The van der Waals surface area contributed by atoms with Crippen molar-refractivity contribution in [3.8, 4) is 5.75 Å². The van der Waals surface area contributed by atoms with Gasteiger partial charge in [0, 0.05) is 23.7 Å². The number of sulfone groups is 1. The fourth-order valence-electron chi connectivity index (χ4n) is 4.45. The summed E-state index contributed by atoms with van der Waals surface area (Å²) in [6.45, 7) is 0. The monoisotopic (exact) mass is 594 g/mol. The first-order valence-corrected chi connectivity index (χ1v) is 16.0. The molecule has 0 fully saturated rings. The van der Waals surface area contributed by atoms with Gasteiger partial charge in [-0.1, -0.05) is 12.1 Å². The molecular weight excluding hydrogens is 571 g/mol. The molecule has 1 aliphatic carbocycles. The lowest BCUT2D eigenvalue weighted by Gasteiger charge is -2.19. The van der Waals surface area contributed by atoms with Crippen LogP contribution in [0.5, 0.6) is 5.75 Å². The molecule has 0 amide bonds. The standard InChI is InChI=1S/C22H23N6O8PS2/c1-39(34,35)13-27(38(32)33)16-7-5-15(6-8-16)25-22-23-11-14-12-24-28(21(14)26-22)19-10-9-18-17(19)3-2-4-20(18)36-37(29,30)31/h2-8,11-12,19H,9-10,13H2,1H3,(H,32,33)(H,23,25,26)(H2,29,30,31). The molecule has 0 aliphatic heterocycles. The maximum atomic E-state index is 11.6. The zero-order valence-corrected chi connectivity index (χ0v) is 22.8. The molecule has 2 aromatic carbocycles. The molecule has 4 N–H and O–H groups in total. The van der Waals surface area contributed by atoms with Gasteiger partial charge >= 0.3 is 7.82 Å². The first kappa shape index (κ1) is 27.2. The van der Waals surface area contributed by atoms with Crippen LogP contribution in [-0.4, -0.2) is 58.8 Å². The zero-order valence-electron chi connectivity index (χ0n) is 20.3. The predicted octanol–water partition coefficient (Wildman–Crippen LogP) is 2.52. The minimum atomic E-state index is -4.71. The Morgan fingerprint density at radius 1 is 1.21 bits per heavy atom. The van der Waals surface area contributed by atoms with E-state index in [1.807, 2.05) is 6.07 Å². The van der Waals surface area contributed by atoms with Gasteiger partial charge in [-0.3, -0.25) is 18.6 Å². The summed E-state index contributed by atoms with van der Waals surface area (Å²) in [6.07, 6.45) is 5.37. The number of fused-ring (bicyclic) bond motifs is 2. The van der Waals surface area contributed by atoms with Crippen molar-refractivity contribution in [2.24, 2.45) is 0 Å². The Morgan fingerprint density at radius 2 is 1.95 bits per heavy atom. The van der Waals surface area contributed by atoms with E-state index in [1.165, 1.54) is 18.2 Å². The third-order valence-corrected chi connectivity index (χ3v) is 8.04. The van der Waals surface area contributed by atoms with Crippen LogP contribution in [0.15, 0.2) is 54.9 Å². The Kier molecular flexibility index (Phi) is 7.17. The largest absolute Gasteiger partial charge is 0.524 e. The van der Waals surface area contributed by atoms with E-state index in [0.29, 0.717) is 35.1 Å². The zero-order chi connectivity index (χ0) is 27.9. The van der Waals surface area contributed by atoms with E-state index in [0.717, 1.165) is 16.1 Å². The molecule has 206 valence electrons. The van der Waals surface area contributed by atoms with Crippen molar-refractivity contribution in [3.63, 3.8) is 0 Å². The minimum Gasteiger partial charge on any atom is -0.404 e. The lowest BCUT2D eigenvalue weighted by molar-refractivity contribution is 0.282. The molecule has 0 spiro atoms. The molecule has 0 bridgehead atoms. The average molecular weight is 595 g/mol. The van der Waals surface area contributed by atoms with Gasteiger partial charge in [-0.25, -0.2) is 26.9 Å². The van der Waals surface area contributed by atoms with Crippen molar-refractivity contribution in [2.75, 3.05) is 21.8 Å². The lowest BCUT2D eigenvalue weighted by atomic mass is 10.1. The van der Waals surface area contributed by atoms with Gasteiger partial charge in [0.2, 0.25) is 5.95 Å². The number of anilines is 3. The van der Waals surface area contributed by atoms with E-state index < -0.39 is 34.8 Å². The van der Waals surface area contributed by atoms with Crippen molar-refractivity contribution in [1.82, 2.24) is 19.7 Å². The number of hydrogen-bond acceptors (Lipinski definition) is 9. The second-order valence-electron chi connectivity index (χ2n) is 8.86. The second kappa shape index (κ2) is 10.3. The van der Waals surface area contributed by atoms with E-state index in [-0.39, 0.29) is 23.4 Å². The van der Waals surface area contributed by atoms with Gasteiger partial charge in [-0.2, -0.15) is 10.1 Å². The van der Waals surface area contributed by atoms with E-state index in [4.69, 9.17) is 4.52 Å². The minimum absolute atomic E-state index is 0.139. The van der Waals surface area contributed by atoms with Gasteiger partial charge in [0.25, 0.3) is 11.3 Å². The SMILES string of the molecule is CS(=O)(=O)CN(c1ccc(Nc2ncc3cnn(C4CCc5c(OP(=O)(O)O)cccc54)c3n2)cc1)S(=O)O. The Bertz CT molecular complexity index is 1720. The summed E-state index contributed by atoms with van der Waals surface area (Å²) in [7, 11) is -8.25. The molecule has 14 nitrogen and oxygen atoms in total. The molecule has 0 saturated heterocycles. The smallest absolute Gasteiger partial charge is 0.404 e. The topological polar surface area (TPSA) is 197 Å². The summed E-state index contributed by atoms with van der Waals surface area (Å²) < 4.78 is 63.2. The van der Waals surface area contributed by atoms with Crippen LogP contribution in [0.1, 0.15) is 23.6 Å². The van der Waals surface area contributed by atoms with Crippen molar-refractivity contribution < 1.29 is 36.1 Å². The highest BCUT2D eigenvalue weighted by atomic mass is 32.2. The van der Waals surface area contributed by atoms with Crippen molar-refractivity contribution in [2.45, 2.75) is 18.9 Å². The molecule has 2 unspecified atom stereocenters. The number of rotatable bonds is 9. The van der Waals surface area contributed by atoms with Gasteiger partial charge < -0.3 is 9.84 Å². The van der Waals surface area contributed by atoms with Crippen LogP contribution in [0.25, 0.3) is 11.0 Å². The highest BCUT2D eigenvalue weighted by Gasteiger charge is 2.30. The highest BCUT2D eigenvalue weighted by molar-refractivity contribution is 7.92. The number of nitrogens with one attached hydrogen (secondary N) is 1. The normalized spacial score (nSPS) is 16.2. The number of phosphoric acid groups is 1. The van der Waals surface area contributed by atoms with Gasteiger partial charge in [0.1, 0.15) is 11.6 Å². The summed E-state index contributed by atoms with van der Waals surface area (Å²) in [6, 6.07) is 11.0. The second-order valence-corrected chi connectivity index (χ2v) is 13.0.